The minimum Gasteiger partial charge on any atom is -0.352 e. The average molecular weight is 359 g/mol. The van der Waals surface area contributed by atoms with Gasteiger partial charge >= 0.3 is 0 Å². The molecule has 1 aliphatic heterocycles. The summed E-state index contributed by atoms with van der Waals surface area (Å²) in [5, 5.41) is 2.70. The maximum atomic E-state index is 12.1. The van der Waals surface area contributed by atoms with Crippen LogP contribution in [0.5, 0.6) is 0 Å². The summed E-state index contributed by atoms with van der Waals surface area (Å²) in [6.45, 7) is 1.77. The van der Waals surface area contributed by atoms with Crippen LogP contribution in [-0.4, -0.2) is 51.0 Å². The van der Waals surface area contributed by atoms with Crippen molar-refractivity contribution in [3.8, 4) is 0 Å². The molecule has 2 amide bonds. The molecule has 1 heterocycles. The van der Waals surface area contributed by atoms with Crippen molar-refractivity contribution < 1.29 is 18.0 Å². The normalized spacial score (nSPS) is 14.8. The third kappa shape index (κ3) is 4.68. The minimum absolute atomic E-state index is 0.0238. The largest absolute Gasteiger partial charge is 0.352 e. The highest BCUT2D eigenvalue weighted by Gasteiger charge is 2.18. The number of likely N-dealkylation sites (tertiary alicyclic amines) is 1. The first-order chi connectivity index (χ1) is 10.8. The summed E-state index contributed by atoms with van der Waals surface area (Å²) in [4.78, 5) is 25.6. The number of amides is 2. The Labute approximate surface area is 140 Å². The van der Waals surface area contributed by atoms with Crippen molar-refractivity contribution in [2.75, 3.05) is 25.9 Å². The fraction of sp³-hybridized carbons (Fsp3) is 0.467. The van der Waals surface area contributed by atoms with Crippen LogP contribution in [0.1, 0.15) is 29.6 Å². The Morgan fingerprint density at radius 2 is 1.91 bits per heavy atom. The lowest BCUT2D eigenvalue weighted by molar-refractivity contribution is -0.129. The molecule has 0 unspecified atom stereocenters. The second kappa shape index (κ2) is 7.31. The second-order valence-electron chi connectivity index (χ2n) is 5.51. The molecule has 1 aliphatic rings. The molecule has 1 aromatic carbocycles. The molecule has 0 saturated carbocycles. The Bertz CT molecular complexity index is 712. The van der Waals surface area contributed by atoms with E-state index < -0.39 is 15.7 Å². The van der Waals surface area contributed by atoms with E-state index in [1.54, 1.807) is 4.90 Å². The highest BCUT2D eigenvalue weighted by molar-refractivity contribution is 7.90. The highest BCUT2D eigenvalue weighted by Crippen LogP contribution is 2.22. The molecule has 0 bridgehead atoms. The first-order valence-electron chi connectivity index (χ1n) is 7.34. The zero-order chi connectivity index (χ0) is 17.0. The van der Waals surface area contributed by atoms with Gasteiger partial charge in [-0.1, -0.05) is 11.6 Å². The molecule has 23 heavy (non-hydrogen) atoms. The van der Waals surface area contributed by atoms with Gasteiger partial charge in [0, 0.05) is 37.9 Å². The van der Waals surface area contributed by atoms with Crippen LogP contribution in [0.15, 0.2) is 23.1 Å². The quantitative estimate of drug-likeness (QED) is 0.864. The zero-order valence-corrected chi connectivity index (χ0v) is 14.4. The topological polar surface area (TPSA) is 83.5 Å². The van der Waals surface area contributed by atoms with E-state index in [-0.39, 0.29) is 34.4 Å². The van der Waals surface area contributed by atoms with Crippen LogP contribution in [0.25, 0.3) is 0 Å². The average Bonchev–Trinajstić information content (AvgIpc) is 3.00. The predicted octanol–water partition coefficient (Wildman–Crippen LogP) is 1.49. The van der Waals surface area contributed by atoms with E-state index in [1.807, 2.05) is 0 Å². The van der Waals surface area contributed by atoms with E-state index in [2.05, 4.69) is 5.32 Å². The molecule has 0 atom stereocenters. The lowest BCUT2D eigenvalue weighted by Gasteiger charge is -2.15. The molecule has 8 heteroatoms. The van der Waals surface area contributed by atoms with E-state index in [9.17, 15) is 18.0 Å². The number of benzene rings is 1. The summed E-state index contributed by atoms with van der Waals surface area (Å²) >= 11 is 5.84. The lowest BCUT2D eigenvalue weighted by Crippen LogP contribution is -2.32. The Balaban J connectivity index is 1.94. The van der Waals surface area contributed by atoms with Gasteiger partial charge in [-0.3, -0.25) is 9.59 Å². The van der Waals surface area contributed by atoms with Crippen molar-refractivity contribution in [2.24, 2.45) is 0 Å². The number of rotatable bonds is 5. The second-order valence-corrected chi connectivity index (χ2v) is 7.90. The van der Waals surface area contributed by atoms with Crippen molar-refractivity contribution in [3.63, 3.8) is 0 Å². The Morgan fingerprint density at radius 3 is 2.52 bits per heavy atom. The van der Waals surface area contributed by atoms with E-state index in [0.717, 1.165) is 32.2 Å². The van der Waals surface area contributed by atoms with Gasteiger partial charge in [-0.2, -0.15) is 0 Å². The molecule has 0 radical (unpaired) electrons. The molecule has 1 fully saturated rings. The number of hydrogen-bond acceptors (Lipinski definition) is 4. The van der Waals surface area contributed by atoms with Gasteiger partial charge in [0.1, 0.15) is 0 Å². The molecule has 1 aromatic rings. The monoisotopic (exact) mass is 358 g/mol. The Hall–Kier alpha value is -1.60. The van der Waals surface area contributed by atoms with Crippen LogP contribution >= 0.6 is 11.6 Å². The van der Waals surface area contributed by atoms with Crippen molar-refractivity contribution in [2.45, 2.75) is 24.2 Å². The van der Waals surface area contributed by atoms with Crippen LogP contribution in [0.4, 0.5) is 0 Å². The van der Waals surface area contributed by atoms with Crippen LogP contribution in [0, 0.1) is 0 Å². The van der Waals surface area contributed by atoms with Gasteiger partial charge < -0.3 is 10.2 Å². The molecule has 126 valence electrons. The van der Waals surface area contributed by atoms with Crippen LogP contribution in [-0.2, 0) is 14.6 Å². The molecular formula is C15H19ClN2O4S. The molecule has 0 aliphatic carbocycles. The van der Waals surface area contributed by atoms with Crippen molar-refractivity contribution in [3.05, 3.63) is 28.8 Å². The number of halogens is 1. The van der Waals surface area contributed by atoms with E-state index >= 15 is 0 Å². The summed E-state index contributed by atoms with van der Waals surface area (Å²) in [5.74, 6) is -0.406. The third-order valence-corrected chi connectivity index (χ3v) is 5.25. The number of hydrogen-bond donors (Lipinski definition) is 1. The van der Waals surface area contributed by atoms with Crippen molar-refractivity contribution in [1.82, 2.24) is 10.2 Å². The van der Waals surface area contributed by atoms with Gasteiger partial charge in [0.05, 0.1) is 9.92 Å². The number of carbonyl (C=O) groups is 2. The standard InChI is InChI=1S/C15H19ClN2O4S/c1-23(21,22)13-10-11(4-5-12(13)16)15(20)17-7-6-14(19)18-8-2-3-9-18/h4-5,10H,2-3,6-9H2,1H3,(H,17,20). The highest BCUT2D eigenvalue weighted by atomic mass is 35.5. The summed E-state index contributed by atoms with van der Waals surface area (Å²) in [6, 6.07) is 4.08. The summed E-state index contributed by atoms with van der Waals surface area (Å²) in [7, 11) is -3.51. The molecule has 1 saturated heterocycles. The van der Waals surface area contributed by atoms with Gasteiger partial charge in [0.2, 0.25) is 5.91 Å². The van der Waals surface area contributed by atoms with E-state index in [0.29, 0.717) is 0 Å². The fourth-order valence-electron chi connectivity index (χ4n) is 2.44. The summed E-state index contributed by atoms with van der Waals surface area (Å²) < 4.78 is 23.2. The maximum absolute atomic E-state index is 12.1. The smallest absolute Gasteiger partial charge is 0.251 e. The van der Waals surface area contributed by atoms with Crippen LogP contribution < -0.4 is 5.32 Å². The first kappa shape index (κ1) is 17.7. The molecule has 0 spiro atoms. The SMILES string of the molecule is CS(=O)(=O)c1cc(C(=O)NCCC(=O)N2CCCC2)ccc1Cl. The van der Waals surface area contributed by atoms with Gasteiger partial charge in [0.25, 0.3) is 5.91 Å². The van der Waals surface area contributed by atoms with Crippen molar-refractivity contribution >= 4 is 33.3 Å². The van der Waals surface area contributed by atoms with Gasteiger partial charge in [-0.05, 0) is 31.0 Å². The molecule has 0 aromatic heterocycles. The predicted molar refractivity (Wildman–Crippen MR) is 87.3 cm³/mol. The maximum Gasteiger partial charge on any atom is 0.251 e. The summed E-state index contributed by atoms with van der Waals surface area (Å²) in [5.41, 5.74) is 0.198. The number of nitrogens with one attached hydrogen (secondary N) is 1. The third-order valence-electron chi connectivity index (χ3n) is 3.68. The van der Waals surface area contributed by atoms with E-state index in [4.69, 9.17) is 11.6 Å². The van der Waals surface area contributed by atoms with Crippen molar-refractivity contribution in [1.29, 1.82) is 0 Å². The molecule has 2 rings (SSSR count). The Kier molecular flexibility index (Phi) is 5.64. The van der Waals surface area contributed by atoms with Gasteiger partial charge in [0.15, 0.2) is 9.84 Å². The fourth-order valence-corrected chi connectivity index (χ4v) is 3.74. The molecule has 6 nitrogen and oxygen atoms in total. The van der Waals surface area contributed by atoms with Gasteiger partial charge in [-0.15, -0.1) is 0 Å². The van der Waals surface area contributed by atoms with Gasteiger partial charge in [-0.25, -0.2) is 8.42 Å². The van der Waals surface area contributed by atoms with Crippen LogP contribution in [0.2, 0.25) is 5.02 Å². The minimum atomic E-state index is -3.51. The molecule has 1 N–H and O–H groups in total. The van der Waals surface area contributed by atoms with Crippen LogP contribution in [0.3, 0.4) is 0 Å². The first-order valence-corrected chi connectivity index (χ1v) is 9.61. The number of carbonyl (C=O) groups excluding carboxylic acids is 2. The molecular weight excluding hydrogens is 340 g/mol. The summed E-state index contributed by atoms with van der Waals surface area (Å²) in [6.07, 6.45) is 3.32. The van der Waals surface area contributed by atoms with E-state index in [1.165, 1.54) is 18.2 Å². The zero-order valence-electron chi connectivity index (χ0n) is 12.8. The number of nitrogens with zero attached hydrogens (tertiary/aromatic N) is 1. The Morgan fingerprint density at radius 1 is 1.26 bits per heavy atom. The lowest BCUT2D eigenvalue weighted by atomic mass is 10.2. The number of sulfone groups is 1.